The third kappa shape index (κ3) is 3.33. The fraction of sp³-hybridized carbons (Fsp3) is 0.625. The molecule has 0 saturated carbocycles. The Kier molecular flexibility index (Phi) is 4.79. The second-order valence-corrected chi connectivity index (χ2v) is 5.33. The summed E-state index contributed by atoms with van der Waals surface area (Å²) in [5, 5.41) is 3.42. The second kappa shape index (κ2) is 6.35. The van der Waals surface area contributed by atoms with Gasteiger partial charge in [-0.1, -0.05) is 31.2 Å². The molecule has 0 spiro atoms. The molecule has 1 aliphatic heterocycles. The van der Waals surface area contributed by atoms with Crippen LogP contribution in [0.5, 0.6) is 0 Å². The first-order chi connectivity index (χ1) is 8.72. The number of likely N-dealkylation sites (N-methyl/N-ethyl adjacent to an activating group) is 1. The van der Waals surface area contributed by atoms with Crippen LogP contribution in [0.3, 0.4) is 0 Å². The minimum Gasteiger partial charge on any atom is -0.374 e. The van der Waals surface area contributed by atoms with Crippen molar-refractivity contribution in [3.63, 3.8) is 0 Å². The molecular formula is C16H25NO. The predicted molar refractivity (Wildman–Crippen MR) is 75.9 cm³/mol. The number of aryl methyl sites for hydroxylation is 1. The molecule has 18 heavy (non-hydrogen) atoms. The van der Waals surface area contributed by atoms with Gasteiger partial charge in [-0.05, 0) is 50.8 Å². The van der Waals surface area contributed by atoms with E-state index in [2.05, 4.69) is 43.4 Å². The summed E-state index contributed by atoms with van der Waals surface area (Å²) in [5.41, 5.74) is 2.81. The first-order valence-electron chi connectivity index (χ1n) is 7.13. The van der Waals surface area contributed by atoms with Crippen LogP contribution in [-0.4, -0.2) is 25.3 Å². The summed E-state index contributed by atoms with van der Waals surface area (Å²) >= 11 is 0. The van der Waals surface area contributed by atoms with Gasteiger partial charge >= 0.3 is 0 Å². The van der Waals surface area contributed by atoms with Crippen LogP contribution in [0.25, 0.3) is 0 Å². The molecule has 3 atom stereocenters. The Morgan fingerprint density at radius 1 is 1.22 bits per heavy atom. The molecule has 3 unspecified atom stereocenters. The van der Waals surface area contributed by atoms with E-state index in [9.17, 15) is 0 Å². The Bertz CT molecular complexity index is 360. The lowest BCUT2D eigenvalue weighted by atomic mass is 9.98. The van der Waals surface area contributed by atoms with E-state index in [0.29, 0.717) is 18.2 Å². The van der Waals surface area contributed by atoms with E-state index < -0.39 is 0 Å². The summed E-state index contributed by atoms with van der Waals surface area (Å²) in [6, 6.07) is 9.41. The van der Waals surface area contributed by atoms with E-state index in [4.69, 9.17) is 4.74 Å². The summed E-state index contributed by atoms with van der Waals surface area (Å²) in [4.78, 5) is 0. The summed E-state index contributed by atoms with van der Waals surface area (Å²) in [7, 11) is 2.04. The van der Waals surface area contributed by atoms with Gasteiger partial charge < -0.3 is 10.1 Å². The number of nitrogens with one attached hydrogen (secondary N) is 1. The van der Waals surface area contributed by atoms with E-state index >= 15 is 0 Å². The first-order valence-corrected chi connectivity index (χ1v) is 7.13. The molecule has 2 rings (SSSR count). The van der Waals surface area contributed by atoms with Crippen LogP contribution in [0.1, 0.15) is 37.8 Å². The smallest absolute Gasteiger partial charge is 0.0735 e. The summed E-state index contributed by atoms with van der Waals surface area (Å²) < 4.78 is 5.97. The minimum atomic E-state index is 0.371. The van der Waals surface area contributed by atoms with Crippen LogP contribution in [0.2, 0.25) is 0 Å². The number of benzene rings is 1. The Hall–Kier alpha value is -0.860. The average Bonchev–Trinajstić information content (AvgIpc) is 2.83. The number of ether oxygens (including phenoxy) is 1. The molecule has 2 nitrogen and oxygen atoms in total. The molecule has 1 heterocycles. The zero-order chi connectivity index (χ0) is 13.0. The van der Waals surface area contributed by atoms with Gasteiger partial charge in [-0.3, -0.25) is 0 Å². The topological polar surface area (TPSA) is 21.3 Å². The summed E-state index contributed by atoms with van der Waals surface area (Å²) in [6.45, 7) is 4.36. The van der Waals surface area contributed by atoms with Crippen LogP contribution in [0, 0.1) is 0 Å². The van der Waals surface area contributed by atoms with E-state index in [1.54, 1.807) is 0 Å². The van der Waals surface area contributed by atoms with Crippen molar-refractivity contribution in [3.8, 4) is 0 Å². The zero-order valence-electron chi connectivity index (χ0n) is 11.8. The van der Waals surface area contributed by atoms with Gasteiger partial charge in [0.15, 0.2) is 0 Å². The second-order valence-electron chi connectivity index (χ2n) is 5.33. The standard InChI is InChI=1S/C16H25NO/c1-4-13-6-8-14(9-7-13)11-15(17-3)16-10-5-12(2)18-16/h6-9,12,15-17H,4-5,10-11H2,1-3H3. The van der Waals surface area contributed by atoms with Gasteiger partial charge in [0.25, 0.3) is 0 Å². The molecule has 1 aliphatic rings. The van der Waals surface area contributed by atoms with Crippen molar-refractivity contribution in [2.75, 3.05) is 7.05 Å². The number of rotatable bonds is 5. The van der Waals surface area contributed by atoms with Crippen molar-refractivity contribution < 1.29 is 4.74 Å². The average molecular weight is 247 g/mol. The van der Waals surface area contributed by atoms with Crippen molar-refractivity contribution in [2.45, 2.75) is 57.8 Å². The van der Waals surface area contributed by atoms with Gasteiger partial charge in [-0.15, -0.1) is 0 Å². The van der Waals surface area contributed by atoms with Crippen LogP contribution in [-0.2, 0) is 17.6 Å². The molecule has 2 heteroatoms. The zero-order valence-corrected chi connectivity index (χ0v) is 11.8. The number of hydrogen-bond donors (Lipinski definition) is 1. The van der Waals surface area contributed by atoms with Crippen molar-refractivity contribution in [2.24, 2.45) is 0 Å². The molecule has 0 aromatic heterocycles. The van der Waals surface area contributed by atoms with Crippen molar-refractivity contribution in [1.82, 2.24) is 5.32 Å². The van der Waals surface area contributed by atoms with Crippen LogP contribution >= 0.6 is 0 Å². The molecule has 1 N–H and O–H groups in total. The lowest BCUT2D eigenvalue weighted by molar-refractivity contribution is 0.0337. The van der Waals surface area contributed by atoms with E-state index in [1.165, 1.54) is 24.0 Å². The van der Waals surface area contributed by atoms with Crippen molar-refractivity contribution in [3.05, 3.63) is 35.4 Å². The summed E-state index contributed by atoms with van der Waals surface area (Å²) in [6.07, 6.45) is 5.33. The van der Waals surface area contributed by atoms with Crippen LogP contribution in [0.15, 0.2) is 24.3 Å². The van der Waals surface area contributed by atoms with Gasteiger partial charge in [0.2, 0.25) is 0 Å². The fourth-order valence-corrected chi connectivity index (χ4v) is 2.71. The van der Waals surface area contributed by atoms with Gasteiger partial charge in [0, 0.05) is 6.04 Å². The highest BCUT2D eigenvalue weighted by Crippen LogP contribution is 2.23. The van der Waals surface area contributed by atoms with Gasteiger partial charge in [-0.2, -0.15) is 0 Å². The molecule has 100 valence electrons. The maximum Gasteiger partial charge on any atom is 0.0735 e. The molecule has 1 aromatic rings. The molecule has 0 amide bonds. The normalized spacial score (nSPS) is 25.3. The Balaban J connectivity index is 1.96. The quantitative estimate of drug-likeness (QED) is 0.864. The van der Waals surface area contributed by atoms with Crippen LogP contribution < -0.4 is 5.32 Å². The van der Waals surface area contributed by atoms with E-state index in [-0.39, 0.29) is 0 Å². The summed E-state index contributed by atoms with van der Waals surface area (Å²) in [5.74, 6) is 0. The highest BCUT2D eigenvalue weighted by molar-refractivity contribution is 5.23. The maximum absolute atomic E-state index is 5.97. The molecule has 1 saturated heterocycles. The highest BCUT2D eigenvalue weighted by Gasteiger charge is 2.28. The van der Waals surface area contributed by atoms with E-state index in [0.717, 1.165) is 12.8 Å². The lowest BCUT2D eigenvalue weighted by Crippen LogP contribution is -2.39. The SMILES string of the molecule is CCc1ccc(CC(NC)C2CCC(C)O2)cc1. The van der Waals surface area contributed by atoms with E-state index in [1.807, 2.05) is 7.05 Å². The van der Waals surface area contributed by atoms with Gasteiger partial charge in [0.1, 0.15) is 0 Å². The molecule has 1 aromatic carbocycles. The molecule has 0 radical (unpaired) electrons. The molecule has 0 aliphatic carbocycles. The van der Waals surface area contributed by atoms with Crippen LogP contribution in [0.4, 0.5) is 0 Å². The molecule has 1 fully saturated rings. The minimum absolute atomic E-state index is 0.371. The molecular weight excluding hydrogens is 222 g/mol. The van der Waals surface area contributed by atoms with Crippen molar-refractivity contribution in [1.29, 1.82) is 0 Å². The highest BCUT2D eigenvalue weighted by atomic mass is 16.5. The molecule has 0 bridgehead atoms. The van der Waals surface area contributed by atoms with Gasteiger partial charge in [0.05, 0.1) is 12.2 Å². The maximum atomic E-state index is 5.97. The monoisotopic (exact) mass is 247 g/mol. The van der Waals surface area contributed by atoms with Gasteiger partial charge in [-0.25, -0.2) is 0 Å². The predicted octanol–water partition coefficient (Wildman–Crippen LogP) is 2.95. The van der Waals surface area contributed by atoms with Crippen molar-refractivity contribution >= 4 is 0 Å². The lowest BCUT2D eigenvalue weighted by Gasteiger charge is -2.23. The third-order valence-electron chi connectivity index (χ3n) is 3.97. The largest absolute Gasteiger partial charge is 0.374 e. The third-order valence-corrected chi connectivity index (χ3v) is 3.97. The fourth-order valence-electron chi connectivity index (χ4n) is 2.71. The number of hydrogen-bond acceptors (Lipinski definition) is 2. The Morgan fingerprint density at radius 2 is 1.89 bits per heavy atom. The first kappa shape index (κ1) is 13.6. The Labute approximate surface area is 111 Å². The Morgan fingerprint density at radius 3 is 2.39 bits per heavy atom.